The van der Waals surface area contributed by atoms with Crippen molar-refractivity contribution in [3.63, 3.8) is 0 Å². The van der Waals surface area contributed by atoms with E-state index in [1.54, 1.807) is 6.08 Å². The zero-order valence-corrected chi connectivity index (χ0v) is 50.3. The molecule has 11 aromatic carbocycles. The SMILES string of the molecule is C=CC(C#N)[C@H](C)[C@@H]1CC=C(c2nc(-c3cccc(-c4cc5c(cc4-c4ccccc4)c4cc(-c6ccccc6)ccc4n5C)c3)nc(-c3ccc(-c4ccc(C#N)cc4)cc3-n3c4ccc(-c5ccccc5)cc4c4cc(-c5ccccc5)ccc43)n2)[C@H]1C. The molecule has 0 radical (unpaired) electrons. The van der Waals surface area contributed by atoms with Crippen LogP contribution in [-0.4, -0.2) is 24.1 Å². The predicted molar refractivity (Wildman–Crippen MR) is 370 cm³/mol. The van der Waals surface area contributed by atoms with Crippen LogP contribution in [0.2, 0.25) is 0 Å². The first-order valence-electron chi connectivity index (χ1n) is 30.8. The molecule has 0 spiro atoms. The summed E-state index contributed by atoms with van der Waals surface area (Å²) in [5.74, 6) is 1.64. The average molecular weight is 1160 g/mol. The number of allylic oxidation sites excluding steroid dienone is 3. The minimum atomic E-state index is -0.297. The number of benzene rings is 11. The van der Waals surface area contributed by atoms with Crippen LogP contribution in [0.5, 0.6) is 0 Å². The molecule has 0 amide bonds. The third-order valence-corrected chi connectivity index (χ3v) is 18.9. The maximum atomic E-state index is 10.3. The van der Waals surface area contributed by atoms with Gasteiger partial charge in [-0.1, -0.05) is 202 Å². The number of hydrogen-bond donors (Lipinski definition) is 0. The van der Waals surface area contributed by atoms with Crippen molar-refractivity contribution in [1.29, 1.82) is 10.5 Å². The van der Waals surface area contributed by atoms with Gasteiger partial charge in [-0.2, -0.15) is 10.5 Å². The third-order valence-electron chi connectivity index (χ3n) is 18.9. The van der Waals surface area contributed by atoms with Crippen molar-refractivity contribution in [2.45, 2.75) is 20.3 Å². The number of rotatable bonds is 13. The lowest BCUT2D eigenvalue weighted by Gasteiger charge is -2.27. The maximum absolute atomic E-state index is 10.3. The molecule has 0 saturated heterocycles. The Bertz CT molecular complexity index is 5140. The van der Waals surface area contributed by atoms with Crippen LogP contribution in [0.3, 0.4) is 0 Å². The van der Waals surface area contributed by atoms with Gasteiger partial charge >= 0.3 is 0 Å². The Morgan fingerprint density at radius 2 is 0.911 bits per heavy atom. The molecule has 0 fully saturated rings. The van der Waals surface area contributed by atoms with Gasteiger partial charge in [-0.05, 0) is 175 Å². The van der Waals surface area contributed by atoms with E-state index in [0.717, 1.165) is 112 Å². The molecule has 7 heteroatoms. The first kappa shape index (κ1) is 55.1. The smallest absolute Gasteiger partial charge is 0.166 e. The van der Waals surface area contributed by atoms with E-state index < -0.39 is 0 Å². The fourth-order valence-electron chi connectivity index (χ4n) is 14.0. The van der Waals surface area contributed by atoms with Gasteiger partial charge in [0.15, 0.2) is 17.5 Å². The number of aromatic nitrogens is 5. The molecule has 15 rings (SSSR count). The Balaban J connectivity index is 0.954. The van der Waals surface area contributed by atoms with E-state index in [2.05, 4.69) is 285 Å². The molecule has 3 heterocycles. The van der Waals surface area contributed by atoms with Gasteiger partial charge in [0.1, 0.15) is 0 Å². The molecule has 4 atom stereocenters. The number of nitrogens with zero attached hydrogens (tertiary/aromatic N) is 7. The monoisotopic (exact) mass is 1160 g/mol. The summed E-state index contributed by atoms with van der Waals surface area (Å²) in [6.07, 6.45) is 4.85. The van der Waals surface area contributed by atoms with Crippen LogP contribution in [0.4, 0.5) is 0 Å². The molecule has 1 aliphatic carbocycles. The fraction of sp³-hybridized carbons (Fsp3) is 0.0964. The quantitative estimate of drug-likeness (QED) is 0.107. The molecular formula is C83H61N7. The topological polar surface area (TPSA) is 96.1 Å². The summed E-state index contributed by atoms with van der Waals surface area (Å²) in [7, 11) is 2.17. The highest BCUT2D eigenvalue weighted by Crippen LogP contribution is 2.47. The minimum absolute atomic E-state index is 0.0307. The second-order valence-electron chi connectivity index (χ2n) is 23.9. The Kier molecular flexibility index (Phi) is 14.1. The lowest BCUT2D eigenvalue weighted by Crippen LogP contribution is -2.22. The number of hydrogen-bond acceptors (Lipinski definition) is 5. The normalized spacial score (nSPS) is 14.6. The van der Waals surface area contributed by atoms with Crippen LogP contribution in [-0.2, 0) is 7.05 Å². The Labute approximate surface area is 524 Å². The van der Waals surface area contributed by atoms with Gasteiger partial charge in [-0.15, -0.1) is 6.58 Å². The second-order valence-corrected chi connectivity index (χ2v) is 23.9. The zero-order valence-electron chi connectivity index (χ0n) is 50.3. The van der Waals surface area contributed by atoms with E-state index in [9.17, 15) is 10.5 Å². The summed E-state index contributed by atoms with van der Waals surface area (Å²) in [5, 5.41) is 24.8. The van der Waals surface area contributed by atoms with Crippen molar-refractivity contribution in [3.05, 3.63) is 285 Å². The number of fused-ring (bicyclic) bond motifs is 6. The highest BCUT2D eigenvalue weighted by atomic mass is 15.1. The highest BCUT2D eigenvalue weighted by molar-refractivity contribution is 6.14. The van der Waals surface area contributed by atoms with Gasteiger partial charge in [-0.3, -0.25) is 0 Å². The van der Waals surface area contributed by atoms with Crippen LogP contribution in [0, 0.1) is 46.3 Å². The molecule has 0 saturated carbocycles. The molecule has 1 aliphatic rings. The van der Waals surface area contributed by atoms with E-state index in [-0.39, 0.29) is 23.7 Å². The zero-order chi connectivity index (χ0) is 61.0. The molecule has 0 aliphatic heterocycles. The van der Waals surface area contributed by atoms with Crippen LogP contribution in [0.25, 0.3) is 144 Å². The molecule has 0 bridgehead atoms. The highest BCUT2D eigenvalue weighted by Gasteiger charge is 2.36. The first-order valence-corrected chi connectivity index (χ1v) is 30.8. The molecule has 90 heavy (non-hydrogen) atoms. The fourth-order valence-corrected chi connectivity index (χ4v) is 14.0. The molecule has 14 aromatic rings. The lowest BCUT2D eigenvalue weighted by atomic mass is 9.77. The van der Waals surface area contributed by atoms with Gasteiger partial charge < -0.3 is 9.13 Å². The van der Waals surface area contributed by atoms with E-state index in [4.69, 9.17) is 15.0 Å². The van der Waals surface area contributed by atoms with Crippen LogP contribution in [0.15, 0.2) is 274 Å². The second kappa shape index (κ2) is 23.0. The largest absolute Gasteiger partial charge is 0.344 e. The lowest BCUT2D eigenvalue weighted by molar-refractivity contribution is 0.285. The van der Waals surface area contributed by atoms with Crippen molar-refractivity contribution in [1.82, 2.24) is 24.1 Å². The summed E-state index contributed by atoms with van der Waals surface area (Å²) in [4.78, 5) is 16.7. The van der Waals surface area contributed by atoms with Crippen molar-refractivity contribution in [2.24, 2.45) is 30.7 Å². The van der Waals surface area contributed by atoms with Gasteiger partial charge in [0.05, 0.1) is 40.3 Å². The van der Waals surface area contributed by atoms with Gasteiger partial charge in [0.25, 0.3) is 0 Å². The number of aryl methyl sites for hydroxylation is 1. The molecular weight excluding hydrogens is 1090 g/mol. The van der Waals surface area contributed by atoms with E-state index in [0.29, 0.717) is 23.0 Å². The summed E-state index contributed by atoms with van der Waals surface area (Å²) < 4.78 is 4.69. The third kappa shape index (κ3) is 9.75. The van der Waals surface area contributed by atoms with Crippen molar-refractivity contribution < 1.29 is 0 Å². The van der Waals surface area contributed by atoms with E-state index in [1.807, 2.05) is 24.3 Å². The summed E-state index contributed by atoms with van der Waals surface area (Å²) in [6.45, 7) is 8.48. The van der Waals surface area contributed by atoms with Crippen molar-refractivity contribution >= 4 is 49.2 Å². The summed E-state index contributed by atoms with van der Waals surface area (Å²) in [5.41, 5.74) is 21.8. The summed E-state index contributed by atoms with van der Waals surface area (Å²) in [6, 6.07) is 95.4. The van der Waals surface area contributed by atoms with Gasteiger partial charge in [0, 0.05) is 50.8 Å². The molecule has 428 valence electrons. The Morgan fingerprint density at radius 1 is 0.444 bits per heavy atom. The molecule has 1 unspecified atom stereocenters. The molecule has 0 N–H and O–H groups in total. The van der Waals surface area contributed by atoms with Crippen molar-refractivity contribution in [3.8, 4) is 107 Å². The Morgan fingerprint density at radius 3 is 1.49 bits per heavy atom. The van der Waals surface area contributed by atoms with Crippen LogP contribution < -0.4 is 0 Å². The predicted octanol–water partition coefficient (Wildman–Crippen LogP) is 20.8. The number of nitriles is 2. The van der Waals surface area contributed by atoms with E-state index >= 15 is 0 Å². The van der Waals surface area contributed by atoms with Gasteiger partial charge in [0.2, 0.25) is 0 Å². The minimum Gasteiger partial charge on any atom is -0.344 e. The van der Waals surface area contributed by atoms with Crippen LogP contribution >= 0.6 is 0 Å². The van der Waals surface area contributed by atoms with Crippen LogP contribution in [0.1, 0.15) is 31.7 Å². The molecule has 3 aromatic heterocycles. The molecule has 7 nitrogen and oxygen atoms in total. The van der Waals surface area contributed by atoms with Gasteiger partial charge in [-0.25, -0.2) is 15.0 Å². The first-order chi connectivity index (χ1) is 44.2. The van der Waals surface area contributed by atoms with E-state index in [1.165, 1.54) is 27.4 Å². The summed E-state index contributed by atoms with van der Waals surface area (Å²) >= 11 is 0. The average Bonchev–Trinajstić information content (AvgIpc) is 1.65. The Hall–Kier alpha value is -11.5. The van der Waals surface area contributed by atoms with Crippen molar-refractivity contribution in [2.75, 3.05) is 0 Å². The standard InChI is InChI=1S/C83H61N7/c1-5-55(51-85)52(2)67-38-39-68(53(67)3)82-86-81(66-28-18-27-65(43-66)71-49-79-75(48-70(71)60-25-16-9-17-26-60)72-44-61(34-40-76(72)89(79)4)56-19-10-6-11-20-56)87-83(88-82)69-37-33-64(59-31-29-54(50-84)30-32-59)47-80(69)90-77-41-35-62(57-21-12-7-13-22-57)45-73(77)74-46-63(36-42-78(74)90)58-23-14-8-15-24-58/h5-37,39-49,52-53,55,67H,1,38H2,2-4H3/t52-,53-,55?,67-/m0/s1. The maximum Gasteiger partial charge on any atom is 0.166 e.